The number of hydrogen-bond donors (Lipinski definition) is 1. The molecule has 1 aliphatic heterocycles. The summed E-state index contributed by atoms with van der Waals surface area (Å²) < 4.78 is 4.98. The molecule has 1 N–H and O–H groups in total. The summed E-state index contributed by atoms with van der Waals surface area (Å²) in [5.74, 6) is -0.650. The molecule has 2 aliphatic rings. The highest BCUT2D eigenvalue weighted by atomic mass is 35.5. The fourth-order valence-corrected chi connectivity index (χ4v) is 3.47. The highest BCUT2D eigenvalue weighted by Gasteiger charge is 2.49. The summed E-state index contributed by atoms with van der Waals surface area (Å²) in [6.07, 6.45) is 0.235. The van der Waals surface area contributed by atoms with Crippen LogP contribution in [0.15, 0.2) is 24.3 Å². The van der Waals surface area contributed by atoms with Crippen molar-refractivity contribution in [2.45, 2.75) is 19.9 Å². The van der Waals surface area contributed by atoms with Gasteiger partial charge in [0.2, 0.25) is 11.8 Å². The quantitative estimate of drug-likeness (QED) is 0.828. The number of carbonyl (C=O) groups is 3. The van der Waals surface area contributed by atoms with Crippen LogP contribution in [0.25, 0.3) is 0 Å². The molecule has 1 aliphatic carbocycles. The van der Waals surface area contributed by atoms with Gasteiger partial charge in [-0.2, -0.15) is 0 Å². The van der Waals surface area contributed by atoms with Crippen molar-refractivity contribution < 1.29 is 19.1 Å². The van der Waals surface area contributed by atoms with E-state index in [1.165, 1.54) is 0 Å². The number of halogens is 1. The van der Waals surface area contributed by atoms with E-state index in [1.54, 1.807) is 22.8 Å². The molecule has 1 saturated carbocycles. The lowest BCUT2D eigenvalue weighted by atomic mass is 10.2. The van der Waals surface area contributed by atoms with Gasteiger partial charge < -0.3 is 19.9 Å². The van der Waals surface area contributed by atoms with E-state index in [2.05, 4.69) is 5.32 Å². The number of hydrogen-bond acceptors (Lipinski definition) is 4. The lowest BCUT2D eigenvalue weighted by molar-refractivity contribution is -0.136. The minimum absolute atomic E-state index is 0.00333. The molecule has 3 amide bonds. The average Bonchev–Trinajstić information content (AvgIpc) is 3.48. The van der Waals surface area contributed by atoms with Gasteiger partial charge in [-0.1, -0.05) is 29.8 Å². The van der Waals surface area contributed by atoms with Gasteiger partial charge in [0, 0.05) is 37.7 Å². The third kappa shape index (κ3) is 4.71. The molecule has 2 fully saturated rings. The first-order valence-corrected chi connectivity index (χ1v) is 9.60. The first-order valence-electron chi connectivity index (χ1n) is 9.23. The molecular formula is C19H24ClN3O4. The molecular weight excluding hydrogens is 370 g/mol. The van der Waals surface area contributed by atoms with E-state index in [-0.39, 0.29) is 29.7 Å². The number of carbonyl (C=O) groups excluding carboxylic acids is 3. The normalized spacial score (nSPS) is 21.6. The molecule has 1 heterocycles. The van der Waals surface area contributed by atoms with Crippen molar-refractivity contribution in [2.24, 2.45) is 11.8 Å². The van der Waals surface area contributed by atoms with E-state index in [0.29, 0.717) is 50.8 Å². The third-order valence-electron chi connectivity index (χ3n) is 4.97. The predicted molar refractivity (Wildman–Crippen MR) is 100 cm³/mol. The summed E-state index contributed by atoms with van der Waals surface area (Å²) >= 11 is 6.09. The maximum absolute atomic E-state index is 12.6. The molecule has 0 spiro atoms. The van der Waals surface area contributed by atoms with Crippen LogP contribution in [-0.4, -0.2) is 60.5 Å². The molecule has 8 heteroatoms. The van der Waals surface area contributed by atoms with E-state index >= 15 is 0 Å². The maximum Gasteiger partial charge on any atom is 0.409 e. The highest BCUT2D eigenvalue weighted by Crippen LogP contribution is 2.40. The molecule has 1 aromatic rings. The second-order valence-electron chi connectivity index (χ2n) is 6.77. The fourth-order valence-electron chi connectivity index (χ4n) is 3.27. The van der Waals surface area contributed by atoms with Crippen LogP contribution in [0.4, 0.5) is 4.79 Å². The molecule has 0 aromatic heterocycles. The van der Waals surface area contributed by atoms with Crippen LogP contribution in [0, 0.1) is 11.8 Å². The number of nitrogens with one attached hydrogen (secondary N) is 1. The van der Waals surface area contributed by atoms with Crippen molar-refractivity contribution >= 4 is 29.5 Å². The maximum atomic E-state index is 12.6. The Bertz CT molecular complexity index is 719. The van der Waals surface area contributed by atoms with Gasteiger partial charge in [0.05, 0.1) is 18.4 Å². The Morgan fingerprint density at radius 1 is 1.11 bits per heavy atom. The molecule has 2 unspecified atom stereocenters. The first kappa shape index (κ1) is 19.5. The summed E-state index contributed by atoms with van der Waals surface area (Å²) in [7, 11) is 0. The molecule has 0 radical (unpaired) electrons. The van der Waals surface area contributed by atoms with Gasteiger partial charge in [-0.25, -0.2) is 4.79 Å². The van der Waals surface area contributed by atoms with Gasteiger partial charge in [-0.3, -0.25) is 9.59 Å². The highest BCUT2D eigenvalue weighted by molar-refractivity contribution is 6.31. The van der Waals surface area contributed by atoms with Crippen molar-refractivity contribution in [3.63, 3.8) is 0 Å². The largest absolute Gasteiger partial charge is 0.450 e. The zero-order valence-corrected chi connectivity index (χ0v) is 16.1. The monoisotopic (exact) mass is 393 g/mol. The fraction of sp³-hybridized carbons (Fsp3) is 0.526. The molecule has 3 rings (SSSR count). The van der Waals surface area contributed by atoms with Gasteiger partial charge in [-0.15, -0.1) is 0 Å². The molecule has 0 bridgehead atoms. The summed E-state index contributed by atoms with van der Waals surface area (Å²) in [4.78, 5) is 40.0. The summed E-state index contributed by atoms with van der Waals surface area (Å²) in [5, 5.41) is 3.47. The van der Waals surface area contributed by atoms with Crippen LogP contribution in [0.3, 0.4) is 0 Å². The van der Waals surface area contributed by atoms with Gasteiger partial charge in [0.15, 0.2) is 0 Å². The topological polar surface area (TPSA) is 79.0 Å². The van der Waals surface area contributed by atoms with E-state index in [1.807, 2.05) is 18.2 Å². The number of piperazine rings is 1. The minimum atomic E-state index is -0.340. The Morgan fingerprint density at radius 3 is 2.44 bits per heavy atom. The Kier molecular flexibility index (Phi) is 6.21. The minimum Gasteiger partial charge on any atom is -0.450 e. The number of rotatable bonds is 5. The molecule has 146 valence electrons. The zero-order chi connectivity index (χ0) is 19.4. The molecule has 7 nitrogen and oxygen atoms in total. The lowest BCUT2D eigenvalue weighted by Crippen LogP contribution is -2.51. The van der Waals surface area contributed by atoms with Crippen molar-refractivity contribution in [2.75, 3.05) is 32.8 Å². The number of benzene rings is 1. The van der Waals surface area contributed by atoms with Crippen molar-refractivity contribution in [3.05, 3.63) is 34.9 Å². The molecule has 1 aromatic carbocycles. The zero-order valence-electron chi connectivity index (χ0n) is 15.3. The Labute approximate surface area is 163 Å². The van der Waals surface area contributed by atoms with Gasteiger partial charge in [0.1, 0.15) is 0 Å². The van der Waals surface area contributed by atoms with Crippen molar-refractivity contribution in [1.29, 1.82) is 0 Å². The Balaban J connectivity index is 1.43. The molecule has 2 atom stereocenters. The van der Waals surface area contributed by atoms with E-state index in [0.717, 1.165) is 5.56 Å². The third-order valence-corrected chi connectivity index (χ3v) is 5.34. The van der Waals surface area contributed by atoms with Crippen molar-refractivity contribution in [1.82, 2.24) is 15.1 Å². The summed E-state index contributed by atoms with van der Waals surface area (Å²) in [5.41, 5.74) is 0.853. The SMILES string of the molecule is CCOC(=O)N1CCN(C(=O)C2CC2C(=O)NCc2ccccc2Cl)CC1. The second-order valence-corrected chi connectivity index (χ2v) is 7.18. The van der Waals surface area contributed by atoms with E-state index < -0.39 is 0 Å². The summed E-state index contributed by atoms with van der Waals surface area (Å²) in [6, 6.07) is 7.35. The second kappa shape index (κ2) is 8.61. The lowest BCUT2D eigenvalue weighted by Gasteiger charge is -2.34. The molecule has 1 saturated heterocycles. The Hall–Kier alpha value is -2.28. The number of amides is 3. The van der Waals surface area contributed by atoms with Crippen LogP contribution in [0.2, 0.25) is 5.02 Å². The number of ether oxygens (including phenoxy) is 1. The molecule has 27 heavy (non-hydrogen) atoms. The van der Waals surface area contributed by atoms with Crippen LogP contribution in [-0.2, 0) is 20.9 Å². The van der Waals surface area contributed by atoms with E-state index in [4.69, 9.17) is 16.3 Å². The smallest absolute Gasteiger partial charge is 0.409 e. The van der Waals surface area contributed by atoms with Gasteiger partial charge in [0.25, 0.3) is 0 Å². The number of nitrogens with zero attached hydrogens (tertiary/aromatic N) is 2. The standard InChI is InChI=1S/C19H24ClN3O4/c1-2-27-19(26)23-9-7-22(8-10-23)18(25)15-11-14(15)17(24)21-12-13-5-3-4-6-16(13)20/h3-6,14-15H,2,7-12H2,1H3,(H,21,24). The van der Waals surface area contributed by atoms with Crippen LogP contribution >= 0.6 is 11.6 Å². The average molecular weight is 394 g/mol. The van der Waals surface area contributed by atoms with Crippen LogP contribution < -0.4 is 5.32 Å². The summed E-state index contributed by atoms with van der Waals surface area (Å²) in [6.45, 7) is 4.33. The van der Waals surface area contributed by atoms with Gasteiger partial charge >= 0.3 is 6.09 Å². The van der Waals surface area contributed by atoms with E-state index in [9.17, 15) is 14.4 Å². The van der Waals surface area contributed by atoms with Crippen LogP contribution in [0.5, 0.6) is 0 Å². The van der Waals surface area contributed by atoms with Gasteiger partial charge in [-0.05, 0) is 25.0 Å². The first-order chi connectivity index (χ1) is 13.0. The van der Waals surface area contributed by atoms with Crippen molar-refractivity contribution in [3.8, 4) is 0 Å². The Morgan fingerprint density at radius 2 is 1.78 bits per heavy atom. The predicted octanol–water partition coefficient (Wildman–Crippen LogP) is 1.89. The van der Waals surface area contributed by atoms with Crippen LogP contribution in [0.1, 0.15) is 18.9 Å².